The molecule has 3 aliphatic rings. The monoisotopic (exact) mass is 397 g/mol. The normalized spacial score (nSPS) is 22.3. The van der Waals surface area contributed by atoms with Gasteiger partial charge in [-0.15, -0.1) is 0 Å². The fraction of sp³-hybridized carbons (Fsp3) is 0.667. The van der Waals surface area contributed by atoms with Crippen molar-refractivity contribution in [2.75, 3.05) is 26.2 Å². The first-order valence-electron chi connectivity index (χ1n) is 9.47. The van der Waals surface area contributed by atoms with E-state index in [1.54, 1.807) is 4.90 Å². The number of hydrogen-bond acceptors (Lipinski definition) is 4. The van der Waals surface area contributed by atoms with Gasteiger partial charge in [0, 0.05) is 51.4 Å². The zero-order valence-electron chi connectivity index (χ0n) is 15.3. The Bertz CT molecular complexity index is 753. The quantitative estimate of drug-likeness (QED) is 0.826. The molecule has 0 aromatic carbocycles. The summed E-state index contributed by atoms with van der Waals surface area (Å²) in [5.74, 6) is 0.704. The third-order valence-electron chi connectivity index (χ3n) is 5.88. The lowest BCUT2D eigenvalue weighted by molar-refractivity contribution is -0.138. The van der Waals surface area contributed by atoms with E-state index in [1.165, 1.54) is 0 Å². The van der Waals surface area contributed by atoms with Gasteiger partial charge in [0.25, 0.3) is 0 Å². The van der Waals surface area contributed by atoms with Crippen molar-refractivity contribution in [1.29, 1.82) is 0 Å². The SMILES string of the molecule is O=C1CCC2(CN(C(=O)N3CCC(Cc4ncc(C(F)(F)F)cn4)CC3)C2)N1. The van der Waals surface area contributed by atoms with Crippen LogP contribution in [0.3, 0.4) is 0 Å². The molecule has 10 heteroatoms. The molecule has 0 aliphatic carbocycles. The summed E-state index contributed by atoms with van der Waals surface area (Å²) in [5.41, 5.74) is -1.06. The van der Waals surface area contributed by atoms with Crippen LogP contribution in [-0.4, -0.2) is 63.4 Å². The summed E-state index contributed by atoms with van der Waals surface area (Å²) < 4.78 is 37.7. The zero-order chi connectivity index (χ0) is 19.9. The average Bonchev–Trinajstić information content (AvgIpc) is 3.02. The summed E-state index contributed by atoms with van der Waals surface area (Å²) >= 11 is 0. The van der Waals surface area contributed by atoms with Crippen LogP contribution in [0, 0.1) is 5.92 Å². The molecule has 3 amide bonds. The second kappa shape index (κ2) is 6.89. The van der Waals surface area contributed by atoms with Gasteiger partial charge < -0.3 is 15.1 Å². The van der Waals surface area contributed by atoms with Crippen molar-refractivity contribution in [2.45, 2.75) is 43.8 Å². The van der Waals surface area contributed by atoms with Gasteiger partial charge in [-0.25, -0.2) is 14.8 Å². The molecule has 0 unspecified atom stereocenters. The molecule has 4 heterocycles. The summed E-state index contributed by atoms with van der Waals surface area (Å²) in [6.45, 7) is 2.35. The molecule has 0 atom stereocenters. The van der Waals surface area contributed by atoms with Crippen LogP contribution in [0.1, 0.15) is 37.1 Å². The van der Waals surface area contributed by atoms with Crippen molar-refractivity contribution in [3.63, 3.8) is 0 Å². The number of piperidine rings is 1. The Morgan fingerprint density at radius 2 is 1.82 bits per heavy atom. The molecular weight excluding hydrogens is 375 g/mol. The number of nitrogens with one attached hydrogen (secondary N) is 1. The second-order valence-corrected chi connectivity index (χ2v) is 7.99. The van der Waals surface area contributed by atoms with Gasteiger partial charge in [0.1, 0.15) is 5.82 Å². The summed E-state index contributed by atoms with van der Waals surface area (Å²) in [4.78, 5) is 35.3. The lowest BCUT2D eigenvalue weighted by Crippen LogP contribution is -2.70. The first kappa shape index (κ1) is 18.9. The Balaban J connectivity index is 1.24. The van der Waals surface area contributed by atoms with Gasteiger partial charge in [-0.05, 0) is 25.2 Å². The van der Waals surface area contributed by atoms with Gasteiger partial charge in [-0.3, -0.25) is 4.79 Å². The predicted octanol–water partition coefficient (Wildman–Crippen LogP) is 1.83. The Hall–Kier alpha value is -2.39. The zero-order valence-corrected chi connectivity index (χ0v) is 15.3. The number of likely N-dealkylation sites (tertiary alicyclic amines) is 2. The number of nitrogens with zero attached hydrogens (tertiary/aromatic N) is 4. The molecule has 0 radical (unpaired) electrons. The predicted molar refractivity (Wildman–Crippen MR) is 92.1 cm³/mol. The highest BCUT2D eigenvalue weighted by Crippen LogP contribution is 2.32. The third kappa shape index (κ3) is 3.77. The minimum absolute atomic E-state index is 0.00370. The molecule has 3 saturated heterocycles. The molecule has 3 fully saturated rings. The Morgan fingerprint density at radius 3 is 2.36 bits per heavy atom. The number of urea groups is 1. The van der Waals surface area contributed by atoms with Gasteiger partial charge in [0.2, 0.25) is 5.91 Å². The van der Waals surface area contributed by atoms with E-state index in [1.807, 2.05) is 4.90 Å². The average molecular weight is 397 g/mol. The first-order valence-corrected chi connectivity index (χ1v) is 9.47. The van der Waals surface area contributed by atoms with Gasteiger partial charge >= 0.3 is 12.2 Å². The van der Waals surface area contributed by atoms with E-state index < -0.39 is 11.7 Å². The summed E-state index contributed by atoms with van der Waals surface area (Å²) in [7, 11) is 0. The smallest absolute Gasteiger partial charge is 0.347 e. The Morgan fingerprint density at radius 1 is 1.18 bits per heavy atom. The van der Waals surface area contributed by atoms with E-state index in [2.05, 4.69) is 15.3 Å². The van der Waals surface area contributed by atoms with Gasteiger partial charge in [-0.2, -0.15) is 13.2 Å². The minimum atomic E-state index is -4.43. The summed E-state index contributed by atoms with van der Waals surface area (Å²) in [6.07, 6.45) is 0.576. The number of aromatic nitrogens is 2. The van der Waals surface area contributed by atoms with Crippen molar-refractivity contribution in [3.05, 3.63) is 23.8 Å². The van der Waals surface area contributed by atoms with Crippen molar-refractivity contribution in [1.82, 2.24) is 25.1 Å². The molecule has 0 saturated carbocycles. The molecule has 1 N–H and O–H groups in total. The standard InChI is InChI=1S/C18H22F3N5O2/c19-18(20,21)13-8-22-14(23-9-13)7-12-2-5-25(6-3-12)16(28)26-10-17(11-26)4-1-15(27)24-17/h8-9,12H,1-7,10-11H2,(H,24,27). The van der Waals surface area contributed by atoms with Crippen LogP contribution in [0.4, 0.5) is 18.0 Å². The van der Waals surface area contributed by atoms with E-state index in [4.69, 9.17) is 0 Å². The molecule has 152 valence electrons. The summed E-state index contributed by atoms with van der Waals surface area (Å²) in [5, 5.41) is 2.97. The van der Waals surface area contributed by atoms with Gasteiger partial charge in [-0.1, -0.05) is 0 Å². The Kier molecular flexibility index (Phi) is 4.67. The maximum Gasteiger partial charge on any atom is 0.419 e. The van der Waals surface area contributed by atoms with Gasteiger partial charge in [0.15, 0.2) is 0 Å². The van der Waals surface area contributed by atoms with E-state index in [0.29, 0.717) is 44.8 Å². The number of rotatable bonds is 2. The number of hydrogen-bond donors (Lipinski definition) is 1. The van der Waals surface area contributed by atoms with E-state index in [9.17, 15) is 22.8 Å². The topological polar surface area (TPSA) is 78.4 Å². The van der Waals surface area contributed by atoms with Crippen molar-refractivity contribution in [3.8, 4) is 0 Å². The van der Waals surface area contributed by atoms with E-state index in [0.717, 1.165) is 31.7 Å². The van der Waals surface area contributed by atoms with Crippen LogP contribution in [0.2, 0.25) is 0 Å². The third-order valence-corrected chi connectivity index (χ3v) is 5.88. The van der Waals surface area contributed by atoms with E-state index in [-0.39, 0.29) is 23.4 Å². The number of carbonyl (C=O) groups is 2. The minimum Gasteiger partial charge on any atom is -0.347 e. The highest BCUT2D eigenvalue weighted by molar-refractivity contribution is 5.82. The molecule has 1 aromatic rings. The number of carbonyl (C=O) groups excluding carboxylic acids is 2. The maximum atomic E-state index is 12.6. The van der Waals surface area contributed by atoms with Crippen molar-refractivity contribution < 1.29 is 22.8 Å². The highest BCUT2D eigenvalue weighted by atomic mass is 19.4. The molecule has 28 heavy (non-hydrogen) atoms. The largest absolute Gasteiger partial charge is 0.419 e. The van der Waals surface area contributed by atoms with E-state index >= 15 is 0 Å². The lowest BCUT2D eigenvalue weighted by Gasteiger charge is -2.49. The van der Waals surface area contributed by atoms with Crippen LogP contribution in [0.15, 0.2) is 12.4 Å². The molecular formula is C18H22F3N5O2. The van der Waals surface area contributed by atoms with Gasteiger partial charge in [0.05, 0.1) is 11.1 Å². The molecule has 4 rings (SSSR count). The number of alkyl halides is 3. The fourth-order valence-corrected chi connectivity index (χ4v) is 4.22. The summed E-state index contributed by atoms with van der Waals surface area (Å²) in [6, 6.07) is -0.00370. The number of halogens is 3. The molecule has 1 aromatic heterocycles. The second-order valence-electron chi connectivity index (χ2n) is 7.99. The van der Waals surface area contributed by atoms with Crippen LogP contribution < -0.4 is 5.32 Å². The maximum absolute atomic E-state index is 12.6. The van der Waals surface area contributed by atoms with Crippen molar-refractivity contribution >= 4 is 11.9 Å². The van der Waals surface area contributed by atoms with Crippen LogP contribution in [0.5, 0.6) is 0 Å². The lowest BCUT2D eigenvalue weighted by atomic mass is 9.88. The van der Waals surface area contributed by atoms with Crippen molar-refractivity contribution in [2.24, 2.45) is 5.92 Å². The van der Waals surface area contributed by atoms with Crippen LogP contribution >= 0.6 is 0 Å². The highest BCUT2D eigenvalue weighted by Gasteiger charge is 2.50. The molecule has 0 bridgehead atoms. The van der Waals surface area contributed by atoms with Crippen LogP contribution in [-0.2, 0) is 17.4 Å². The first-order chi connectivity index (χ1) is 13.2. The molecule has 7 nitrogen and oxygen atoms in total. The Labute approximate surface area is 160 Å². The molecule has 1 spiro atoms. The number of amides is 3. The van der Waals surface area contributed by atoms with Crippen LogP contribution in [0.25, 0.3) is 0 Å². The molecule has 3 aliphatic heterocycles. The fourth-order valence-electron chi connectivity index (χ4n) is 4.22.